The first-order chi connectivity index (χ1) is 7.08. The van der Waals surface area contributed by atoms with Gasteiger partial charge in [-0.2, -0.15) is 0 Å². The van der Waals surface area contributed by atoms with E-state index in [4.69, 9.17) is 17.3 Å². The number of nitrogens with one attached hydrogen (secondary N) is 1. The summed E-state index contributed by atoms with van der Waals surface area (Å²) in [5.74, 6) is 1.96. The number of nitrogen functional groups attached to an aromatic ring is 1. The summed E-state index contributed by atoms with van der Waals surface area (Å²) in [6.07, 6.45) is 2.31. The Morgan fingerprint density at radius 3 is 2.60 bits per heavy atom. The first-order valence-electron chi connectivity index (χ1n) is 5.17. The summed E-state index contributed by atoms with van der Waals surface area (Å²) in [7, 11) is 0. The molecule has 82 valence electrons. The Morgan fingerprint density at radius 1 is 1.40 bits per heavy atom. The van der Waals surface area contributed by atoms with Crippen LogP contribution in [0.4, 0.5) is 11.5 Å². The van der Waals surface area contributed by atoms with Crippen molar-refractivity contribution in [2.45, 2.75) is 38.6 Å². The molecule has 1 saturated carbocycles. The molecule has 1 aromatic heterocycles. The van der Waals surface area contributed by atoms with E-state index in [-0.39, 0.29) is 6.04 Å². The van der Waals surface area contributed by atoms with Crippen molar-refractivity contribution in [2.75, 3.05) is 11.1 Å². The fourth-order valence-electron chi connectivity index (χ4n) is 1.37. The molecule has 0 unspecified atom stereocenters. The molecule has 0 amide bonds. The van der Waals surface area contributed by atoms with Crippen molar-refractivity contribution in [3.05, 3.63) is 11.0 Å². The topological polar surface area (TPSA) is 63.8 Å². The van der Waals surface area contributed by atoms with E-state index >= 15 is 0 Å². The average Bonchev–Trinajstić information content (AvgIpc) is 2.94. The monoisotopic (exact) mass is 226 g/mol. The number of nitrogens with zero attached hydrogens (tertiary/aromatic N) is 2. The van der Waals surface area contributed by atoms with E-state index in [0.717, 1.165) is 18.7 Å². The van der Waals surface area contributed by atoms with E-state index in [1.165, 1.54) is 0 Å². The summed E-state index contributed by atoms with van der Waals surface area (Å²) in [5.41, 5.74) is 6.24. The minimum atomic E-state index is 0.283. The highest BCUT2D eigenvalue weighted by atomic mass is 35.5. The van der Waals surface area contributed by atoms with Gasteiger partial charge in [-0.1, -0.05) is 11.6 Å². The maximum Gasteiger partial charge on any atom is 0.157 e. The number of anilines is 2. The molecule has 0 aliphatic heterocycles. The van der Waals surface area contributed by atoms with E-state index in [0.29, 0.717) is 22.6 Å². The lowest BCUT2D eigenvalue weighted by Crippen LogP contribution is -2.14. The van der Waals surface area contributed by atoms with Crippen LogP contribution in [-0.4, -0.2) is 16.0 Å². The second-order valence-corrected chi connectivity index (χ2v) is 4.57. The predicted octanol–water partition coefficient (Wildman–Crippen LogP) is 2.41. The Morgan fingerprint density at radius 2 is 2.07 bits per heavy atom. The molecule has 5 heteroatoms. The van der Waals surface area contributed by atoms with E-state index in [9.17, 15) is 0 Å². The van der Waals surface area contributed by atoms with E-state index < -0.39 is 0 Å². The zero-order valence-electron chi connectivity index (χ0n) is 8.92. The van der Waals surface area contributed by atoms with Crippen molar-refractivity contribution >= 4 is 23.1 Å². The van der Waals surface area contributed by atoms with E-state index in [1.54, 1.807) is 0 Å². The standard InChI is InChI=1S/C10H15ClN4/c1-5(2)13-10-7(12)8(11)14-9(15-10)6-3-4-6/h5-6H,3-4,12H2,1-2H3,(H,13,14,15). The van der Waals surface area contributed by atoms with Crippen LogP contribution in [0.25, 0.3) is 0 Å². The van der Waals surface area contributed by atoms with Gasteiger partial charge in [-0.25, -0.2) is 9.97 Å². The van der Waals surface area contributed by atoms with E-state index in [1.807, 2.05) is 13.8 Å². The number of rotatable bonds is 3. The molecule has 1 fully saturated rings. The third-order valence-electron chi connectivity index (χ3n) is 2.28. The first kappa shape index (κ1) is 10.5. The van der Waals surface area contributed by atoms with Gasteiger partial charge in [0.25, 0.3) is 0 Å². The summed E-state index contributed by atoms with van der Waals surface area (Å²) in [6, 6.07) is 0.283. The summed E-state index contributed by atoms with van der Waals surface area (Å²) in [6.45, 7) is 4.07. The molecule has 0 spiro atoms. The average molecular weight is 227 g/mol. The molecule has 3 N–H and O–H groups in total. The van der Waals surface area contributed by atoms with Crippen molar-refractivity contribution in [3.63, 3.8) is 0 Å². The van der Waals surface area contributed by atoms with Crippen molar-refractivity contribution < 1.29 is 0 Å². The normalized spacial score (nSPS) is 15.7. The van der Waals surface area contributed by atoms with Crippen molar-refractivity contribution in [1.82, 2.24) is 9.97 Å². The fraction of sp³-hybridized carbons (Fsp3) is 0.600. The minimum Gasteiger partial charge on any atom is -0.393 e. The molecule has 1 aliphatic rings. The van der Waals surface area contributed by atoms with Gasteiger partial charge in [0.05, 0.1) is 0 Å². The second-order valence-electron chi connectivity index (χ2n) is 4.21. The molecule has 4 nitrogen and oxygen atoms in total. The van der Waals surface area contributed by atoms with Crippen molar-refractivity contribution in [2.24, 2.45) is 0 Å². The Labute approximate surface area is 94.2 Å². The summed E-state index contributed by atoms with van der Waals surface area (Å²) >= 11 is 5.96. The van der Waals surface area contributed by atoms with Gasteiger partial charge in [0.15, 0.2) is 11.0 Å². The quantitative estimate of drug-likeness (QED) is 0.777. The largest absolute Gasteiger partial charge is 0.393 e. The van der Waals surface area contributed by atoms with Gasteiger partial charge in [-0.15, -0.1) is 0 Å². The summed E-state index contributed by atoms with van der Waals surface area (Å²) in [5, 5.41) is 3.53. The molecule has 0 radical (unpaired) electrons. The van der Waals surface area contributed by atoms with Gasteiger partial charge < -0.3 is 11.1 Å². The van der Waals surface area contributed by atoms with Gasteiger partial charge in [-0.05, 0) is 26.7 Å². The lowest BCUT2D eigenvalue weighted by molar-refractivity contribution is 0.867. The zero-order chi connectivity index (χ0) is 11.0. The van der Waals surface area contributed by atoms with Crippen LogP contribution in [-0.2, 0) is 0 Å². The molecular weight excluding hydrogens is 212 g/mol. The van der Waals surface area contributed by atoms with Crippen LogP contribution in [0.15, 0.2) is 0 Å². The van der Waals surface area contributed by atoms with Crippen LogP contribution in [0, 0.1) is 0 Å². The molecule has 0 atom stereocenters. The lowest BCUT2D eigenvalue weighted by Gasteiger charge is -2.13. The number of nitrogens with two attached hydrogens (primary N) is 1. The number of halogens is 1. The van der Waals surface area contributed by atoms with Gasteiger partial charge in [0.2, 0.25) is 0 Å². The van der Waals surface area contributed by atoms with Gasteiger partial charge in [0, 0.05) is 12.0 Å². The van der Waals surface area contributed by atoms with Crippen LogP contribution in [0.2, 0.25) is 5.15 Å². The Balaban J connectivity index is 2.33. The highest BCUT2D eigenvalue weighted by Crippen LogP contribution is 2.40. The fourth-order valence-corrected chi connectivity index (χ4v) is 1.54. The number of hydrogen-bond donors (Lipinski definition) is 2. The van der Waals surface area contributed by atoms with Crippen LogP contribution >= 0.6 is 11.6 Å². The number of aromatic nitrogens is 2. The minimum absolute atomic E-state index is 0.283. The molecule has 0 bridgehead atoms. The molecule has 1 heterocycles. The molecule has 15 heavy (non-hydrogen) atoms. The van der Waals surface area contributed by atoms with Crippen LogP contribution in [0.5, 0.6) is 0 Å². The van der Waals surface area contributed by atoms with Crippen molar-refractivity contribution in [3.8, 4) is 0 Å². The Kier molecular flexibility index (Phi) is 2.69. The number of hydrogen-bond acceptors (Lipinski definition) is 4. The predicted molar refractivity (Wildman–Crippen MR) is 62.2 cm³/mol. The third-order valence-corrected chi connectivity index (χ3v) is 2.57. The van der Waals surface area contributed by atoms with Gasteiger partial charge in [-0.3, -0.25) is 0 Å². The Hall–Kier alpha value is -1.03. The summed E-state index contributed by atoms with van der Waals surface area (Å²) in [4.78, 5) is 8.60. The highest BCUT2D eigenvalue weighted by molar-refractivity contribution is 6.32. The van der Waals surface area contributed by atoms with Gasteiger partial charge in [0.1, 0.15) is 11.5 Å². The van der Waals surface area contributed by atoms with Crippen molar-refractivity contribution in [1.29, 1.82) is 0 Å². The second kappa shape index (κ2) is 3.85. The van der Waals surface area contributed by atoms with Crippen LogP contribution < -0.4 is 11.1 Å². The molecule has 2 rings (SSSR count). The lowest BCUT2D eigenvalue weighted by atomic mass is 10.3. The summed E-state index contributed by atoms with van der Waals surface area (Å²) < 4.78 is 0. The maximum absolute atomic E-state index is 5.96. The van der Waals surface area contributed by atoms with Crippen LogP contribution in [0.1, 0.15) is 38.4 Å². The highest BCUT2D eigenvalue weighted by Gasteiger charge is 2.28. The zero-order valence-corrected chi connectivity index (χ0v) is 9.67. The third kappa shape index (κ3) is 2.31. The first-order valence-corrected chi connectivity index (χ1v) is 5.55. The molecule has 0 saturated heterocycles. The van der Waals surface area contributed by atoms with Gasteiger partial charge >= 0.3 is 0 Å². The SMILES string of the molecule is CC(C)Nc1nc(C2CC2)nc(Cl)c1N. The smallest absolute Gasteiger partial charge is 0.157 e. The van der Waals surface area contributed by atoms with Crippen LogP contribution in [0.3, 0.4) is 0 Å². The maximum atomic E-state index is 5.96. The molecule has 0 aromatic carbocycles. The van der Waals surface area contributed by atoms with E-state index in [2.05, 4.69) is 15.3 Å². The molecular formula is C10H15ClN4. The molecule has 1 aliphatic carbocycles. The Bertz CT molecular complexity index is 374. The molecule has 1 aromatic rings.